The minimum Gasteiger partial charge on any atom is -0.322 e. The quantitative estimate of drug-likeness (QED) is 0.753. The second-order valence-corrected chi connectivity index (χ2v) is 8.29. The Morgan fingerprint density at radius 1 is 1.21 bits per heavy atom. The van der Waals surface area contributed by atoms with Crippen LogP contribution < -0.4 is 10.6 Å². The van der Waals surface area contributed by atoms with Crippen molar-refractivity contribution in [3.8, 4) is 0 Å². The van der Waals surface area contributed by atoms with Crippen molar-refractivity contribution in [3.05, 3.63) is 34.9 Å². The maximum atomic E-state index is 12.9. The molecule has 0 saturated carbocycles. The maximum Gasteiger partial charge on any atom is 0.255 e. The smallest absolute Gasteiger partial charge is 0.255 e. The lowest BCUT2D eigenvalue weighted by Gasteiger charge is -2.37. The number of likely N-dealkylation sites (tertiary alicyclic amines) is 1. The van der Waals surface area contributed by atoms with Crippen molar-refractivity contribution in [2.24, 2.45) is 5.92 Å². The molecule has 2 N–H and O–H groups in total. The molecule has 150 valence electrons. The molecule has 0 radical (unpaired) electrons. The van der Waals surface area contributed by atoms with E-state index in [1.807, 2.05) is 19.2 Å². The lowest BCUT2D eigenvalue weighted by molar-refractivity contribution is -0.136. The first-order valence-corrected chi connectivity index (χ1v) is 10.1. The largest absolute Gasteiger partial charge is 0.322 e. The molecular weight excluding hydrogens is 356 g/mol. The Morgan fingerprint density at radius 2 is 2.04 bits per heavy atom. The molecule has 3 amide bonds. The zero-order valence-electron chi connectivity index (χ0n) is 16.5. The molecule has 2 saturated heterocycles. The summed E-state index contributed by atoms with van der Waals surface area (Å²) < 4.78 is 0. The highest BCUT2D eigenvalue weighted by atomic mass is 16.2. The van der Waals surface area contributed by atoms with E-state index < -0.39 is 6.04 Å². The molecule has 0 spiro atoms. The molecule has 2 fully saturated rings. The summed E-state index contributed by atoms with van der Waals surface area (Å²) in [4.78, 5) is 40.5. The summed E-state index contributed by atoms with van der Waals surface area (Å²) in [5.41, 5.74) is 2.78. The van der Waals surface area contributed by atoms with Gasteiger partial charge in [0.25, 0.3) is 5.91 Å². The summed E-state index contributed by atoms with van der Waals surface area (Å²) in [5.74, 6) is -0.0572. The maximum absolute atomic E-state index is 12.9. The fourth-order valence-corrected chi connectivity index (χ4v) is 4.61. The summed E-state index contributed by atoms with van der Waals surface area (Å²) >= 11 is 0. The number of nitrogens with one attached hydrogen (secondary N) is 2. The molecule has 0 aromatic heterocycles. The average molecular weight is 384 g/mol. The number of carbonyl (C=O) groups is 3. The second-order valence-electron chi connectivity index (χ2n) is 8.29. The summed E-state index contributed by atoms with van der Waals surface area (Å²) in [6.45, 7) is 5.61. The zero-order valence-corrected chi connectivity index (χ0v) is 16.5. The van der Waals surface area contributed by atoms with Crippen molar-refractivity contribution >= 4 is 17.7 Å². The third-order valence-electron chi connectivity index (χ3n) is 6.41. The van der Waals surface area contributed by atoms with Gasteiger partial charge < -0.3 is 10.2 Å². The highest BCUT2D eigenvalue weighted by molar-refractivity contribution is 6.05. The number of hydrogen-bond donors (Lipinski definition) is 2. The minimum atomic E-state index is -0.555. The zero-order chi connectivity index (χ0) is 19.8. The van der Waals surface area contributed by atoms with Crippen molar-refractivity contribution in [1.82, 2.24) is 20.4 Å². The first kappa shape index (κ1) is 19.1. The predicted molar refractivity (Wildman–Crippen MR) is 104 cm³/mol. The minimum absolute atomic E-state index is 0.105. The van der Waals surface area contributed by atoms with Gasteiger partial charge in [0, 0.05) is 37.7 Å². The van der Waals surface area contributed by atoms with Crippen LogP contribution in [0.1, 0.15) is 47.7 Å². The van der Waals surface area contributed by atoms with Crippen molar-refractivity contribution in [2.45, 2.75) is 51.4 Å². The van der Waals surface area contributed by atoms with Crippen LogP contribution in [-0.2, 0) is 22.7 Å². The van der Waals surface area contributed by atoms with Gasteiger partial charge in [-0.15, -0.1) is 0 Å². The third-order valence-corrected chi connectivity index (χ3v) is 6.41. The Kier molecular flexibility index (Phi) is 5.21. The third kappa shape index (κ3) is 3.56. The van der Waals surface area contributed by atoms with E-state index in [1.54, 1.807) is 4.90 Å². The van der Waals surface area contributed by atoms with E-state index in [0.717, 1.165) is 30.8 Å². The van der Waals surface area contributed by atoms with E-state index in [9.17, 15) is 14.4 Å². The molecule has 7 heteroatoms. The lowest BCUT2D eigenvalue weighted by atomic mass is 9.93. The fourth-order valence-electron chi connectivity index (χ4n) is 4.61. The number of hydrogen-bond acceptors (Lipinski definition) is 5. The van der Waals surface area contributed by atoms with Crippen LogP contribution in [0.5, 0.6) is 0 Å². The Hall–Kier alpha value is -2.25. The summed E-state index contributed by atoms with van der Waals surface area (Å²) in [5, 5.41) is 5.75. The summed E-state index contributed by atoms with van der Waals surface area (Å²) in [6.07, 6.45) is 1.84. The van der Waals surface area contributed by atoms with Crippen LogP contribution in [0.4, 0.5) is 0 Å². The van der Waals surface area contributed by atoms with Gasteiger partial charge in [-0.25, -0.2) is 0 Å². The normalized spacial score (nSPS) is 28.4. The molecule has 0 bridgehead atoms. The molecule has 1 unspecified atom stereocenters. The molecule has 3 aliphatic rings. The summed E-state index contributed by atoms with van der Waals surface area (Å²) in [6, 6.07) is 6.02. The standard InChI is InChI=1S/C21H28N4O3/c1-13-7-8-24(12-17(13)22-2)10-14-3-4-15-11-25(21(28)16(15)9-14)18-5-6-19(26)23-20(18)27/h3-4,9,13,17-18,22H,5-8,10-12H2,1-2H3,(H,23,26,27)/t13-,17+,18?/m1/s1. The van der Waals surface area contributed by atoms with Gasteiger partial charge >= 0.3 is 0 Å². The molecule has 7 nitrogen and oxygen atoms in total. The fraction of sp³-hybridized carbons (Fsp3) is 0.571. The molecule has 1 aromatic rings. The first-order valence-electron chi connectivity index (χ1n) is 10.1. The van der Waals surface area contributed by atoms with Gasteiger partial charge in [-0.2, -0.15) is 0 Å². The van der Waals surface area contributed by atoms with Gasteiger partial charge in [0.05, 0.1) is 0 Å². The highest BCUT2D eigenvalue weighted by Gasteiger charge is 2.39. The Morgan fingerprint density at radius 3 is 2.79 bits per heavy atom. The molecule has 3 aliphatic heterocycles. The van der Waals surface area contributed by atoms with E-state index in [-0.39, 0.29) is 24.1 Å². The topological polar surface area (TPSA) is 81.8 Å². The number of piperidine rings is 2. The Bertz CT molecular complexity index is 809. The number of carbonyl (C=O) groups excluding carboxylic acids is 3. The van der Waals surface area contributed by atoms with Crippen molar-refractivity contribution in [3.63, 3.8) is 0 Å². The van der Waals surface area contributed by atoms with Gasteiger partial charge in [0.1, 0.15) is 6.04 Å². The molecule has 3 heterocycles. The average Bonchev–Trinajstić information content (AvgIpc) is 2.99. The molecule has 4 rings (SSSR count). The van der Waals surface area contributed by atoms with Crippen LogP contribution in [0.3, 0.4) is 0 Å². The number of fused-ring (bicyclic) bond motifs is 1. The van der Waals surface area contributed by atoms with Gasteiger partial charge in [-0.05, 0) is 49.5 Å². The molecular formula is C21H28N4O3. The number of amides is 3. The van der Waals surface area contributed by atoms with E-state index >= 15 is 0 Å². The first-order chi connectivity index (χ1) is 13.5. The van der Waals surface area contributed by atoms with Crippen LogP contribution in [0.2, 0.25) is 0 Å². The van der Waals surface area contributed by atoms with Gasteiger partial charge in [-0.3, -0.25) is 24.6 Å². The second kappa shape index (κ2) is 7.64. The van der Waals surface area contributed by atoms with Gasteiger partial charge in [0.15, 0.2) is 0 Å². The van der Waals surface area contributed by atoms with Crippen LogP contribution >= 0.6 is 0 Å². The molecule has 1 aromatic carbocycles. The number of imide groups is 1. The van der Waals surface area contributed by atoms with Crippen molar-refractivity contribution in [2.75, 3.05) is 20.1 Å². The molecule has 3 atom stereocenters. The summed E-state index contributed by atoms with van der Waals surface area (Å²) in [7, 11) is 2.02. The SMILES string of the molecule is CN[C@H]1CN(Cc2ccc3c(c2)C(=O)N(C2CCC(=O)NC2=O)C3)CC[C@H]1C. The van der Waals surface area contributed by atoms with Crippen LogP contribution in [0.15, 0.2) is 18.2 Å². The Balaban J connectivity index is 1.46. The Labute approximate surface area is 165 Å². The molecule has 28 heavy (non-hydrogen) atoms. The van der Waals surface area contributed by atoms with Crippen LogP contribution in [0.25, 0.3) is 0 Å². The van der Waals surface area contributed by atoms with Crippen LogP contribution in [0, 0.1) is 5.92 Å². The number of likely N-dealkylation sites (N-methyl/N-ethyl adjacent to an activating group) is 1. The number of benzene rings is 1. The monoisotopic (exact) mass is 384 g/mol. The van der Waals surface area contributed by atoms with E-state index in [0.29, 0.717) is 30.5 Å². The number of rotatable bonds is 4. The van der Waals surface area contributed by atoms with Crippen LogP contribution in [-0.4, -0.2) is 59.7 Å². The number of nitrogens with zero attached hydrogens (tertiary/aromatic N) is 2. The van der Waals surface area contributed by atoms with Gasteiger partial charge in [0.2, 0.25) is 11.8 Å². The van der Waals surface area contributed by atoms with E-state index in [2.05, 4.69) is 28.5 Å². The van der Waals surface area contributed by atoms with Crippen molar-refractivity contribution in [1.29, 1.82) is 0 Å². The predicted octanol–water partition coefficient (Wildman–Crippen LogP) is 0.877. The lowest BCUT2D eigenvalue weighted by Crippen LogP contribution is -2.52. The van der Waals surface area contributed by atoms with E-state index in [1.165, 1.54) is 6.42 Å². The molecule has 0 aliphatic carbocycles. The van der Waals surface area contributed by atoms with Gasteiger partial charge in [-0.1, -0.05) is 19.1 Å². The van der Waals surface area contributed by atoms with E-state index in [4.69, 9.17) is 0 Å². The van der Waals surface area contributed by atoms with Crippen molar-refractivity contribution < 1.29 is 14.4 Å². The highest BCUT2D eigenvalue weighted by Crippen LogP contribution is 2.29.